The molecule has 100 valence electrons. The Balaban J connectivity index is 2.44. The number of hydrogen-bond donors (Lipinski definition) is 0. The summed E-state index contributed by atoms with van der Waals surface area (Å²) < 4.78 is 0. The van der Waals surface area contributed by atoms with E-state index in [0.29, 0.717) is 6.17 Å². The predicted molar refractivity (Wildman–Crippen MR) is 75.7 cm³/mol. The van der Waals surface area contributed by atoms with Crippen molar-refractivity contribution in [2.75, 3.05) is 13.1 Å². The first-order valence-corrected chi connectivity index (χ1v) is 7.53. The van der Waals surface area contributed by atoms with E-state index in [2.05, 4.69) is 43.0 Å². The molecule has 0 aromatic heterocycles. The van der Waals surface area contributed by atoms with Crippen LogP contribution in [0, 0.1) is 0 Å². The zero-order valence-electron chi connectivity index (χ0n) is 12.0. The maximum atomic E-state index is 2.55. The average Bonchev–Trinajstić information content (AvgIpc) is 2.73. The minimum atomic E-state index is 0.646. The number of rotatable bonds is 9. The third-order valence-corrected chi connectivity index (χ3v) is 3.57. The Morgan fingerprint density at radius 3 is 1.65 bits per heavy atom. The Morgan fingerprint density at radius 1 is 0.765 bits per heavy atom. The van der Waals surface area contributed by atoms with Crippen LogP contribution in [0.25, 0.3) is 0 Å². The molecule has 1 heterocycles. The van der Waals surface area contributed by atoms with Gasteiger partial charge >= 0.3 is 0 Å². The molecule has 0 unspecified atom stereocenters. The van der Waals surface area contributed by atoms with Gasteiger partial charge in [-0.25, -0.2) is 0 Å². The normalized spacial score (nSPS) is 16.2. The molecule has 0 amide bonds. The van der Waals surface area contributed by atoms with Crippen molar-refractivity contribution in [3.05, 3.63) is 12.4 Å². The van der Waals surface area contributed by atoms with Crippen LogP contribution in [0.4, 0.5) is 0 Å². The maximum absolute atomic E-state index is 2.55. The van der Waals surface area contributed by atoms with Crippen LogP contribution in [0.5, 0.6) is 0 Å². The molecule has 0 spiro atoms. The molecule has 2 nitrogen and oxygen atoms in total. The first-order chi connectivity index (χ1) is 8.33. The molecule has 2 heteroatoms. The van der Waals surface area contributed by atoms with Crippen molar-refractivity contribution < 1.29 is 0 Å². The SMILES string of the molecule is CCCCC1N(CCCC)C=CN1CCCC. The van der Waals surface area contributed by atoms with E-state index in [1.165, 1.54) is 58.0 Å². The fraction of sp³-hybridized carbons (Fsp3) is 0.867. The van der Waals surface area contributed by atoms with Crippen LogP contribution in [0.2, 0.25) is 0 Å². The smallest absolute Gasteiger partial charge is 0.101 e. The van der Waals surface area contributed by atoms with Gasteiger partial charge < -0.3 is 9.80 Å². The molecule has 0 atom stereocenters. The van der Waals surface area contributed by atoms with E-state index in [4.69, 9.17) is 0 Å². The Hall–Kier alpha value is -0.660. The number of nitrogens with zero attached hydrogens (tertiary/aromatic N) is 2. The molecule has 0 N–H and O–H groups in total. The Bertz CT molecular complexity index is 195. The molecule has 0 aromatic rings. The van der Waals surface area contributed by atoms with E-state index < -0.39 is 0 Å². The second kappa shape index (κ2) is 8.43. The van der Waals surface area contributed by atoms with E-state index in [1.807, 2.05) is 0 Å². The van der Waals surface area contributed by atoms with Crippen molar-refractivity contribution >= 4 is 0 Å². The van der Waals surface area contributed by atoms with Gasteiger partial charge in [0.05, 0.1) is 0 Å². The Morgan fingerprint density at radius 2 is 1.24 bits per heavy atom. The van der Waals surface area contributed by atoms with Gasteiger partial charge in [0.2, 0.25) is 0 Å². The maximum Gasteiger partial charge on any atom is 0.101 e. The summed E-state index contributed by atoms with van der Waals surface area (Å²) in [5.74, 6) is 0. The van der Waals surface area contributed by atoms with Crippen molar-refractivity contribution in [3.63, 3.8) is 0 Å². The van der Waals surface area contributed by atoms with E-state index >= 15 is 0 Å². The largest absolute Gasteiger partial charge is 0.356 e. The fourth-order valence-electron chi connectivity index (χ4n) is 2.41. The molecule has 0 fully saturated rings. The number of unbranched alkanes of at least 4 members (excludes halogenated alkanes) is 3. The fourth-order valence-corrected chi connectivity index (χ4v) is 2.41. The Labute approximate surface area is 108 Å². The average molecular weight is 238 g/mol. The molecule has 1 aliphatic rings. The lowest BCUT2D eigenvalue weighted by Gasteiger charge is -2.33. The molecular weight excluding hydrogens is 208 g/mol. The van der Waals surface area contributed by atoms with Gasteiger partial charge in [-0.2, -0.15) is 0 Å². The molecular formula is C15H30N2. The molecule has 0 saturated heterocycles. The van der Waals surface area contributed by atoms with Gasteiger partial charge in [0.15, 0.2) is 0 Å². The van der Waals surface area contributed by atoms with Gasteiger partial charge in [-0.05, 0) is 25.7 Å². The lowest BCUT2D eigenvalue weighted by Crippen LogP contribution is -2.39. The molecule has 0 aromatic carbocycles. The van der Waals surface area contributed by atoms with Crippen LogP contribution in [0.3, 0.4) is 0 Å². The third-order valence-electron chi connectivity index (χ3n) is 3.57. The van der Waals surface area contributed by atoms with Crippen LogP contribution in [-0.2, 0) is 0 Å². The highest BCUT2D eigenvalue weighted by atomic mass is 15.4. The van der Waals surface area contributed by atoms with Crippen LogP contribution in [0.1, 0.15) is 65.7 Å². The van der Waals surface area contributed by atoms with Gasteiger partial charge in [-0.15, -0.1) is 0 Å². The van der Waals surface area contributed by atoms with Gasteiger partial charge in [-0.3, -0.25) is 0 Å². The van der Waals surface area contributed by atoms with Crippen LogP contribution >= 0.6 is 0 Å². The van der Waals surface area contributed by atoms with Crippen LogP contribution in [0.15, 0.2) is 12.4 Å². The zero-order valence-corrected chi connectivity index (χ0v) is 12.0. The first kappa shape index (κ1) is 14.4. The van der Waals surface area contributed by atoms with E-state index in [1.54, 1.807) is 0 Å². The quantitative estimate of drug-likeness (QED) is 0.594. The lowest BCUT2D eigenvalue weighted by atomic mass is 10.1. The Kier molecular flexibility index (Phi) is 7.14. The second-order valence-electron chi connectivity index (χ2n) is 5.10. The summed E-state index contributed by atoms with van der Waals surface area (Å²) in [7, 11) is 0. The molecule has 0 bridgehead atoms. The molecule has 0 aliphatic carbocycles. The minimum absolute atomic E-state index is 0.646. The zero-order chi connectivity index (χ0) is 12.5. The summed E-state index contributed by atoms with van der Waals surface area (Å²) in [6, 6.07) is 0. The number of hydrogen-bond acceptors (Lipinski definition) is 2. The molecule has 0 radical (unpaired) electrons. The summed E-state index contributed by atoms with van der Waals surface area (Å²) in [6.07, 6.45) is 14.4. The summed E-state index contributed by atoms with van der Waals surface area (Å²) in [6.45, 7) is 9.29. The second-order valence-corrected chi connectivity index (χ2v) is 5.10. The summed E-state index contributed by atoms with van der Waals surface area (Å²) in [4.78, 5) is 5.10. The summed E-state index contributed by atoms with van der Waals surface area (Å²) in [5, 5.41) is 0. The third kappa shape index (κ3) is 4.61. The van der Waals surface area contributed by atoms with Crippen molar-refractivity contribution in [2.45, 2.75) is 71.9 Å². The van der Waals surface area contributed by atoms with Gasteiger partial charge in [0.1, 0.15) is 6.17 Å². The molecule has 1 aliphatic heterocycles. The molecule has 0 saturated carbocycles. The van der Waals surface area contributed by atoms with Crippen molar-refractivity contribution in [1.29, 1.82) is 0 Å². The molecule has 1 rings (SSSR count). The van der Waals surface area contributed by atoms with E-state index in [-0.39, 0.29) is 0 Å². The van der Waals surface area contributed by atoms with Crippen LogP contribution in [-0.4, -0.2) is 29.1 Å². The van der Waals surface area contributed by atoms with Crippen LogP contribution < -0.4 is 0 Å². The van der Waals surface area contributed by atoms with E-state index in [9.17, 15) is 0 Å². The van der Waals surface area contributed by atoms with Gasteiger partial charge in [0.25, 0.3) is 0 Å². The highest BCUT2D eigenvalue weighted by Crippen LogP contribution is 2.21. The highest BCUT2D eigenvalue weighted by Gasteiger charge is 2.24. The highest BCUT2D eigenvalue weighted by molar-refractivity contribution is 4.96. The summed E-state index contributed by atoms with van der Waals surface area (Å²) in [5.41, 5.74) is 0. The monoisotopic (exact) mass is 238 g/mol. The van der Waals surface area contributed by atoms with Crippen molar-refractivity contribution in [2.24, 2.45) is 0 Å². The first-order valence-electron chi connectivity index (χ1n) is 7.53. The molecule has 17 heavy (non-hydrogen) atoms. The van der Waals surface area contributed by atoms with Gasteiger partial charge in [0, 0.05) is 25.5 Å². The minimum Gasteiger partial charge on any atom is -0.356 e. The van der Waals surface area contributed by atoms with Crippen molar-refractivity contribution in [3.8, 4) is 0 Å². The standard InChI is InChI=1S/C15H30N2/c1-4-7-10-15-16(11-8-5-2)13-14-17(15)12-9-6-3/h13-15H,4-12H2,1-3H3. The summed E-state index contributed by atoms with van der Waals surface area (Å²) >= 11 is 0. The van der Waals surface area contributed by atoms with E-state index in [0.717, 1.165) is 0 Å². The van der Waals surface area contributed by atoms with Gasteiger partial charge in [-0.1, -0.05) is 40.0 Å². The predicted octanol–water partition coefficient (Wildman–Crippen LogP) is 4.19. The lowest BCUT2D eigenvalue weighted by molar-refractivity contribution is 0.137. The van der Waals surface area contributed by atoms with Crippen molar-refractivity contribution in [1.82, 2.24) is 9.80 Å². The topological polar surface area (TPSA) is 6.48 Å².